The minimum atomic E-state index is -0.186. The van der Waals surface area contributed by atoms with Crippen molar-refractivity contribution in [3.8, 4) is 0 Å². The molecule has 0 N–H and O–H groups in total. The van der Waals surface area contributed by atoms with Gasteiger partial charge in [-0.05, 0) is 24.8 Å². The van der Waals surface area contributed by atoms with Gasteiger partial charge in [-0.2, -0.15) is 0 Å². The zero-order valence-corrected chi connectivity index (χ0v) is 9.74. The Bertz CT molecular complexity index is 302. The van der Waals surface area contributed by atoms with Gasteiger partial charge in [0.15, 0.2) is 0 Å². The summed E-state index contributed by atoms with van der Waals surface area (Å²) in [5, 5.41) is 0. The molecule has 0 aromatic rings. The minimum Gasteiger partial charge on any atom is -0.466 e. The van der Waals surface area contributed by atoms with Crippen LogP contribution in [0.15, 0.2) is 11.6 Å². The second-order valence-electron chi connectivity index (χ2n) is 4.44. The van der Waals surface area contributed by atoms with Crippen molar-refractivity contribution < 1.29 is 14.3 Å². The van der Waals surface area contributed by atoms with Crippen LogP contribution in [-0.4, -0.2) is 18.9 Å². The van der Waals surface area contributed by atoms with Gasteiger partial charge in [-0.3, -0.25) is 9.59 Å². The van der Waals surface area contributed by atoms with Gasteiger partial charge in [-0.1, -0.05) is 19.9 Å². The van der Waals surface area contributed by atoms with Gasteiger partial charge in [-0.15, -0.1) is 0 Å². The van der Waals surface area contributed by atoms with Gasteiger partial charge in [0.1, 0.15) is 6.29 Å². The van der Waals surface area contributed by atoms with Crippen LogP contribution in [0.1, 0.15) is 27.7 Å². The predicted octanol–water partition coefficient (Wildman–Crippen LogP) is 1.97. The van der Waals surface area contributed by atoms with Crippen molar-refractivity contribution in [1.82, 2.24) is 0 Å². The van der Waals surface area contributed by atoms with Crippen molar-refractivity contribution in [1.29, 1.82) is 0 Å². The molecule has 0 amide bonds. The monoisotopic (exact) mass is 210 g/mol. The average Bonchev–Trinajstić information content (AvgIpc) is 2.72. The van der Waals surface area contributed by atoms with E-state index in [0.29, 0.717) is 12.2 Å². The number of carbonyl (C=O) groups excluding carboxylic acids is 2. The fourth-order valence-electron chi connectivity index (χ4n) is 2.25. The first-order chi connectivity index (χ1) is 7.00. The maximum absolute atomic E-state index is 11.6. The summed E-state index contributed by atoms with van der Waals surface area (Å²) in [7, 11) is 0. The second kappa shape index (κ2) is 4.17. The number of esters is 1. The van der Waals surface area contributed by atoms with E-state index in [2.05, 4.69) is 0 Å². The molecule has 2 atom stereocenters. The standard InChI is InChI=1S/C12H18O3/c1-5-8(7-13)9-10(12(9,3)4)11(14)15-6-2/h5,7,9-10H,6H2,1-4H3. The summed E-state index contributed by atoms with van der Waals surface area (Å²) in [5.74, 6) is -0.318. The lowest BCUT2D eigenvalue weighted by atomic mass is 10.0. The summed E-state index contributed by atoms with van der Waals surface area (Å²) < 4.78 is 4.99. The molecule has 0 radical (unpaired) electrons. The maximum atomic E-state index is 11.6. The van der Waals surface area contributed by atoms with E-state index in [0.717, 1.165) is 6.29 Å². The lowest BCUT2D eigenvalue weighted by Gasteiger charge is -2.01. The third-order valence-electron chi connectivity index (χ3n) is 3.20. The van der Waals surface area contributed by atoms with E-state index in [-0.39, 0.29) is 23.2 Å². The van der Waals surface area contributed by atoms with Crippen molar-refractivity contribution in [2.45, 2.75) is 27.7 Å². The Morgan fingerprint density at radius 3 is 2.40 bits per heavy atom. The lowest BCUT2D eigenvalue weighted by Crippen LogP contribution is -2.10. The highest BCUT2D eigenvalue weighted by Crippen LogP contribution is 2.61. The Balaban J connectivity index is 2.79. The molecule has 0 aliphatic heterocycles. The molecular formula is C12H18O3. The second-order valence-corrected chi connectivity index (χ2v) is 4.44. The molecule has 0 saturated heterocycles. The molecule has 1 aliphatic rings. The van der Waals surface area contributed by atoms with Crippen molar-refractivity contribution in [2.75, 3.05) is 6.61 Å². The van der Waals surface area contributed by atoms with Crippen LogP contribution in [0.5, 0.6) is 0 Å². The summed E-state index contributed by atoms with van der Waals surface area (Å²) in [5.41, 5.74) is 0.563. The maximum Gasteiger partial charge on any atom is 0.310 e. The van der Waals surface area contributed by atoms with Crippen LogP contribution in [-0.2, 0) is 14.3 Å². The van der Waals surface area contributed by atoms with Crippen molar-refractivity contribution in [3.05, 3.63) is 11.6 Å². The zero-order valence-electron chi connectivity index (χ0n) is 9.74. The highest BCUT2D eigenvalue weighted by molar-refractivity contribution is 5.84. The van der Waals surface area contributed by atoms with Gasteiger partial charge < -0.3 is 4.74 Å². The molecule has 0 aromatic carbocycles. The molecule has 1 rings (SSSR count). The molecule has 0 bridgehead atoms. The van der Waals surface area contributed by atoms with Crippen LogP contribution in [0.4, 0.5) is 0 Å². The van der Waals surface area contributed by atoms with E-state index in [9.17, 15) is 9.59 Å². The first-order valence-electron chi connectivity index (χ1n) is 5.28. The predicted molar refractivity (Wildman–Crippen MR) is 57.2 cm³/mol. The Morgan fingerprint density at radius 1 is 1.40 bits per heavy atom. The van der Waals surface area contributed by atoms with Gasteiger partial charge in [0.25, 0.3) is 0 Å². The molecule has 84 valence electrons. The molecule has 1 aliphatic carbocycles. The molecule has 1 saturated carbocycles. The van der Waals surface area contributed by atoms with Gasteiger partial charge in [0.2, 0.25) is 0 Å². The number of allylic oxidation sites excluding steroid dienone is 2. The van der Waals surface area contributed by atoms with E-state index in [4.69, 9.17) is 4.74 Å². The molecule has 15 heavy (non-hydrogen) atoms. The fourth-order valence-corrected chi connectivity index (χ4v) is 2.25. The van der Waals surface area contributed by atoms with Gasteiger partial charge in [-0.25, -0.2) is 0 Å². The minimum absolute atomic E-state index is 0.0269. The molecular weight excluding hydrogens is 192 g/mol. The first-order valence-corrected chi connectivity index (χ1v) is 5.28. The number of hydrogen-bond acceptors (Lipinski definition) is 3. The van der Waals surface area contributed by atoms with Crippen molar-refractivity contribution >= 4 is 12.3 Å². The topological polar surface area (TPSA) is 43.4 Å². The largest absolute Gasteiger partial charge is 0.466 e. The normalized spacial score (nSPS) is 28.4. The number of rotatable bonds is 4. The van der Waals surface area contributed by atoms with E-state index >= 15 is 0 Å². The number of aldehydes is 1. The van der Waals surface area contributed by atoms with E-state index in [1.807, 2.05) is 20.8 Å². The quantitative estimate of drug-likeness (QED) is 0.405. The fraction of sp³-hybridized carbons (Fsp3) is 0.667. The van der Waals surface area contributed by atoms with E-state index < -0.39 is 0 Å². The molecule has 3 nitrogen and oxygen atoms in total. The van der Waals surface area contributed by atoms with Crippen LogP contribution in [0.25, 0.3) is 0 Å². The zero-order chi connectivity index (χ0) is 11.6. The Kier molecular flexibility index (Phi) is 3.32. The highest BCUT2D eigenvalue weighted by atomic mass is 16.5. The third-order valence-corrected chi connectivity index (χ3v) is 3.20. The van der Waals surface area contributed by atoms with Crippen molar-refractivity contribution in [3.63, 3.8) is 0 Å². The van der Waals surface area contributed by atoms with Gasteiger partial charge in [0, 0.05) is 5.92 Å². The van der Waals surface area contributed by atoms with Crippen LogP contribution < -0.4 is 0 Å². The summed E-state index contributed by atoms with van der Waals surface area (Å²) in [6.07, 6.45) is 2.62. The first kappa shape index (κ1) is 12.0. The summed E-state index contributed by atoms with van der Waals surface area (Å²) in [4.78, 5) is 22.4. The van der Waals surface area contributed by atoms with Crippen LogP contribution in [0.2, 0.25) is 0 Å². The molecule has 1 fully saturated rings. The number of ether oxygens (including phenoxy) is 1. The highest BCUT2D eigenvalue weighted by Gasteiger charge is 2.63. The lowest BCUT2D eigenvalue weighted by molar-refractivity contribution is -0.145. The number of carbonyl (C=O) groups is 2. The molecule has 0 heterocycles. The average molecular weight is 210 g/mol. The van der Waals surface area contributed by atoms with Crippen LogP contribution >= 0.6 is 0 Å². The van der Waals surface area contributed by atoms with Crippen LogP contribution in [0, 0.1) is 17.3 Å². The number of hydrogen-bond donors (Lipinski definition) is 0. The Labute approximate surface area is 90.5 Å². The Hall–Kier alpha value is -1.12. The SMILES string of the molecule is CC=C(C=O)C1C(C(=O)OCC)C1(C)C. The molecule has 0 spiro atoms. The Morgan fingerprint density at radius 2 is 2.00 bits per heavy atom. The summed E-state index contributed by atoms with van der Waals surface area (Å²) in [6.45, 7) is 7.99. The molecule has 2 unspecified atom stereocenters. The van der Waals surface area contributed by atoms with Gasteiger partial charge in [0.05, 0.1) is 12.5 Å². The summed E-state index contributed by atoms with van der Waals surface area (Å²) in [6, 6.07) is 0. The third kappa shape index (κ3) is 1.96. The molecule has 3 heteroatoms. The molecule has 0 aromatic heterocycles. The van der Waals surface area contributed by atoms with Gasteiger partial charge >= 0.3 is 5.97 Å². The summed E-state index contributed by atoms with van der Waals surface area (Å²) >= 11 is 0. The van der Waals surface area contributed by atoms with E-state index in [1.54, 1.807) is 13.0 Å². The smallest absolute Gasteiger partial charge is 0.310 e. The van der Waals surface area contributed by atoms with Crippen LogP contribution in [0.3, 0.4) is 0 Å². The van der Waals surface area contributed by atoms with E-state index in [1.165, 1.54) is 0 Å². The van der Waals surface area contributed by atoms with Crippen molar-refractivity contribution in [2.24, 2.45) is 17.3 Å².